The Bertz CT molecular complexity index is 827. The Morgan fingerprint density at radius 3 is 2.63 bits per heavy atom. The lowest BCUT2D eigenvalue weighted by atomic mass is 9.95. The maximum Gasteiger partial charge on any atom is 0.310 e. The lowest BCUT2D eigenvalue weighted by Gasteiger charge is -2.37. The van der Waals surface area contributed by atoms with Crippen LogP contribution in [0.3, 0.4) is 0 Å². The van der Waals surface area contributed by atoms with Crippen molar-refractivity contribution in [2.75, 3.05) is 38.5 Å². The molecule has 1 aromatic carbocycles. The molecule has 2 fully saturated rings. The molecular formula is C22H32N2O5S. The van der Waals surface area contributed by atoms with Crippen molar-refractivity contribution in [3.05, 3.63) is 30.3 Å². The van der Waals surface area contributed by atoms with Gasteiger partial charge in [-0.15, -0.1) is 0 Å². The first-order chi connectivity index (χ1) is 14.4. The molecule has 8 heteroatoms. The number of piperidine rings is 1. The van der Waals surface area contributed by atoms with Gasteiger partial charge in [0, 0.05) is 32.1 Å². The second kappa shape index (κ2) is 10.4. The van der Waals surface area contributed by atoms with E-state index < -0.39 is 9.84 Å². The van der Waals surface area contributed by atoms with Crippen LogP contribution in [-0.4, -0.2) is 74.7 Å². The van der Waals surface area contributed by atoms with Gasteiger partial charge in [-0.1, -0.05) is 18.2 Å². The number of carbonyl (C=O) groups excluding carboxylic acids is 2. The van der Waals surface area contributed by atoms with Gasteiger partial charge in [0.15, 0.2) is 9.84 Å². The Labute approximate surface area is 179 Å². The van der Waals surface area contributed by atoms with Crippen molar-refractivity contribution in [2.45, 2.75) is 50.0 Å². The van der Waals surface area contributed by atoms with Gasteiger partial charge in [-0.25, -0.2) is 8.42 Å². The van der Waals surface area contributed by atoms with Crippen LogP contribution >= 0.6 is 0 Å². The molecule has 2 heterocycles. The summed E-state index contributed by atoms with van der Waals surface area (Å²) in [5.41, 5.74) is 0. The first kappa shape index (κ1) is 22.7. The fourth-order valence-corrected chi connectivity index (χ4v) is 5.66. The van der Waals surface area contributed by atoms with Gasteiger partial charge in [0.05, 0.1) is 23.2 Å². The lowest BCUT2D eigenvalue weighted by molar-refractivity contribution is -0.150. The lowest BCUT2D eigenvalue weighted by Crippen LogP contribution is -2.45. The number of carbonyl (C=O) groups is 2. The van der Waals surface area contributed by atoms with Crippen LogP contribution in [0.25, 0.3) is 0 Å². The zero-order chi connectivity index (χ0) is 21.6. The molecule has 0 saturated carbocycles. The molecule has 1 amide bonds. The van der Waals surface area contributed by atoms with E-state index in [1.807, 2.05) is 6.92 Å². The Kier molecular flexibility index (Phi) is 7.88. The van der Waals surface area contributed by atoms with Crippen molar-refractivity contribution in [3.8, 4) is 0 Å². The van der Waals surface area contributed by atoms with E-state index in [2.05, 4.69) is 4.90 Å². The van der Waals surface area contributed by atoms with E-state index in [9.17, 15) is 18.0 Å². The molecule has 0 bridgehead atoms. The second-order valence-electron chi connectivity index (χ2n) is 8.08. The van der Waals surface area contributed by atoms with E-state index in [1.54, 1.807) is 35.2 Å². The predicted molar refractivity (Wildman–Crippen MR) is 114 cm³/mol. The molecule has 2 aliphatic rings. The summed E-state index contributed by atoms with van der Waals surface area (Å²) in [4.78, 5) is 29.0. The summed E-state index contributed by atoms with van der Waals surface area (Å²) in [6, 6.07) is 8.61. The van der Waals surface area contributed by atoms with Gasteiger partial charge in [0.2, 0.25) is 5.91 Å². The standard InChI is InChI=1S/C22H32N2O5S/c1-2-29-22(26)18-7-6-13-24(17-18)19-10-11-21(25)23(14-12-19)15-16-30(27,28)20-8-4-3-5-9-20/h3-5,8-9,18-19H,2,6-7,10-17H2,1H3/t18-,19+/m0/s1. The molecule has 2 atom stereocenters. The molecule has 0 unspecified atom stereocenters. The third kappa shape index (κ3) is 5.82. The monoisotopic (exact) mass is 436 g/mol. The summed E-state index contributed by atoms with van der Waals surface area (Å²) < 4.78 is 30.3. The minimum atomic E-state index is -3.41. The van der Waals surface area contributed by atoms with Gasteiger partial charge in [-0.3, -0.25) is 14.5 Å². The van der Waals surface area contributed by atoms with Crippen LogP contribution in [0.2, 0.25) is 0 Å². The second-order valence-corrected chi connectivity index (χ2v) is 10.2. The third-order valence-corrected chi connectivity index (χ3v) is 7.81. The predicted octanol–water partition coefficient (Wildman–Crippen LogP) is 2.12. The van der Waals surface area contributed by atoms with Crippen LogP contribution < -0.4 is 0 Å². The number of likely N-dealkylation sites (tertiary alicyclic amines) is 2. The van der Waals surface area contributed by atoms with Crippen molar-refractivity contribution in [3.63, 3.8) is 0 Å². The van der Waals surface area contributed by atoms with Crippen LogP contribution in [0.1, 0.15) is 39.0 Å². The quantitative estimate of drug-likeness (QED) is 0.609. The van der Waals surface area contributed by atoms with Gasteiger partial charge in [-0.2, -0.15) is 0 Å². The van der Waals surface area contributed by atoms with E-state index in [1.165, 1.54) is 0 Å². The molecule has 7 nitrogen and oxygen atoms in total. The molecule has 0 N–H and O–H groups in total. The minimum absolute atomic E-state index is 0.0136. The van der Waals surface area contributed by atoms with E-state index in [0.717, 1.165) is 32.2 Å². The summed E-state index contributed by atoms with van der Waals surface area (Å²) in [7, 11) is -3.41. The molecule has 166 valence electrons. The largest absolute Gasteiger partial charge is 0.466 e. The molecule has 3 rings (SSSR count). The van der Waals surface area contributed by atoms with E-state index in [4.69, 9.17) is 4.74 Å². The number of rotatable bonds is 7. The average Bonchev–Trinajstić information content (AvgIpc) is 2.95. The Morgan fingerprint density at radius 2 is 1.90 bits per heavy atom. The number of benzene rings is 1. The first-order valence-electron chi connectivity index (χ1n) is 10.9. The van der Waals surface area contributed by atoms with E-state index in [0.29, 0.717) is 31.0 Å². The maximum absolute atomic E-state index is 12.6. The number of hydrogen-bond donors (Lipinski definition) is 0. The number of amides is 1. The van der Waals surface area contributed by atoms with Crippen LogP contribution in [0.4, 0.5) is 0 Å². The van der Waals surface area contributed by atoms with Gasteiger partial charge in [0.1, 0.15) is 0 Å². The zero-order valence-corrected chi connectivity index (χ0v) is 18.5. The van der Waals surface area contributed by atoms with Crippen molar-refractivity contribution in [2.24, 2.45) is 5.92 Å². The average molecular weight is 437 g/mol. The number of sulfone groups is 1. The Morgan fingerprint density at radius 1 is 1.13 bits per heavy atom. The third-order valence-electron chi connectivity index (χ3n) is 6.10. The highest BCUT2D eigenvalue weighted by Crippen LogP contribution is 2.25. The molecule has 2 aliphatic heterocycles. The van der Waals surface area contributed by atoms with Crippen molar-refractivity contribution >= 4 is 21.7 Å². The number of esters is 1. The molecular weight excluding hydrogens is 404 g/mol. The zero-order valence-electron chi connectivity index (χ0n) is 17.7. The van der Waals surface area contributed by atoms with Gasteiger partial charge < -0.3 is 9.64 Å². The van der Waals surface area contributed by atoms with Gasteiger partial charge in [-0.05, 0) is 51.3 Å². The first-order valence-corrected chi connectivity index (χ1v) is 12.5. The van der Waals surface area contributed by atoms with Gasteiger partial charge in [0.25, 0.3) is 0 Å². The highest BCUT2D eigenvalue weighted by atomic mass is 32.2. The smallest absolute Gasteiger partial charge is 0.310 e. The van der Waals surface area contributed by atoms with Crippen molar-refractivity contribution < 1.29 is 22.7 Å². The number of nitrogens with zero attached hydrogens (tertiary/aromatic N) is 2. The van der Waals surface area contributed by atoms with Crippen molar-refractivity contribution in [1.82, 2.24) is 9.80 Å². The van der Waals surface area contributed by atoms with Crippen molar-refractivity contribution in [1.29, 1.82) is 0 Å². The van der Waals surface area contributed by atoms with E-state index in [-0.39, 0.29) is 36.1 Å². The SMILES string of the molecule is CCOC(=O)[C@H]1CCCN([C@@H]2CCC(=O)N(CCS(=O)(=O)c3ccccc3)CC2)C1. The van der Waals surface area contributed by atoms with Crippen LogP contribution in [0.15, 0.2) is 35.2 Å². The maximum atomic E-state index is 12.6. The highest BCUT2D eigenvalue weighted by Gasteiger charge is 2.33. The summed E-state index contributed by atoms with van der Waals surface area (Å²) >= 11 is 0. The molecule has 30 heavy (non-hydrogen) atoms. The van der Waals surface area contributed by atoms with Crippen LogP contribution in [-0.2, 0) is 24.2 Å². The molecule has 0 spiro atoms. The molecule has 2 saturated heterocycles. The number of hydrogen-bond acceptors (Lipinski definition) is 6. The minimum Gasteiger partial charge on any atom is -0.466 e. The van der Waals surface area contributed by atoms with E-state index >= 15 is 0 Å². The topological polar surface area (TPSA) is 84.0 Å². The molecule has 1 aromatic rings. The number of ether oxygens (including phenoxy) is 1. The fraction of sp³-hybridized carbons (Fsp3) is 0.636. The summed E-state index contributed by atoms with van der Waals surface area (Å²) in [6.45, 7) is 4.59. The summed E-state index contributed by atoms with van der Waals surface area (Å²) in [5.74, 6) is -0.272. The van der Waals surface area contributed by atoms with Crippen LogP contribution in [0.5, 0.6) is 0 Å². The van der Waals surface area contributed by atoms with Crippen LogP contribution in [0, 0.1) is 5.92 Å². The Balaban J connectivity index is 1.55. The molecule has 0 aromatic heterocycles. The summed E-state index contributed by atoms with van der Waals surface area (Å²) in [5, 5.41) is 0. The molecule has 0 radical (unpaired) electrons. The van der Waals surface area contributed by atoms with Gasteiger partial charge >= 0.3 is 5.97 Å². The fourth-order valence-electron chi connectivity index (χ4n) is 4.39. The molecule has 0 aliphatic carbocycles. The highest BCUT2D eigenvalue weighted by molar-refractivity contribution is 7.91. The summed E-state index contributed by atoms with van der Waals surface area (Å²) in [6.07, 6.45) is 3.76. The Hall–Kier alpha value is -1.93. The normalized spacial score (nSPS) is 23.8.